The fraction of sp³-hybridized carbons (Fsp3) is 0.211. The number of nitrogens with one attached hydrogen (secondary N) is 1. The fourth-order valence-electron chi connectivity index (χ4n) is 2.49. The zero-order valence-electron chi connectivity index (χ0n) is 13.5. The van der Waals surface area contributed by atoms with Crippen LogP contribution in [0.1, 0.15) is 25.0 Å². The SMILES string of the molecule is Cc1ccc2[nH]c(O)c(C=Nc3ccccc3OC(C)C)c2c1. The molecule has 0 bridgehead atoms. The standard InChI is InChI=1S/C19H20N2O2/c1-12(2)23-18-7-5-4-6-17(18)20-11-15-14-10-13(3)8-9-16(14)21-19(15)22/h4-12,21-22H,1-3H3. The number of hydrogen-bond acceptors (Lipinski definition) is 3. The molecule has 0 amide bonds. The molecule has 0 atom stereocenters. The first-order chi connectivity index (χ1) is 11.0. The summed E-state index contributed by atoms with van der Waals surface area (Å²) in [5, 5.41) is 11.1. The number of aromatic amines is 1. The number of aliphatic imine (C=N–C) groups is 1. The highest BCUT2D eigenvalue weighted by Crippen LogP contribution is 2.30. The molecule has 3 aromatic rings. The van der Waals surface area contributed by atoms with Crippen LogP contribution in [0.3, 0.4) is 0 Å². The Balaban J connectivity index is 2.01. The van der Waals surface area contributed by atoms with Crippen LogP contribution < -0.4 is 4.74 Å². The Labute approximate surface area is 135 Å². The van der Waals surface area contributed by atoms with Crippen LogP contribution in [0.5, 0.6) is 11.6 Å². The van der Waals surface area contributed by atoms with Crippen molar-refractivity contribution in [2.45, 2.75) is 26.9 Å². The molecule has 3 rings (SSSR count). The van der Waals surface area contributed by atoms with Gasteiger partial charge in [0.1, 0.15) is 11.4 Å². The van der Waals surface area contributed by atoms with Crippen molar-refractivity contribution in [3.05, 3.63) is 53.6 Å². The van der Waals surface area contributed by atoms with E-state index in [1.807, 2.05) is 63.2 Å². The number of para-hydroxylation sites is 2. The first-order valence-corrected chi connectivity index (χ1v) is 7.65. The normalized spacial score (nSPS) is 11.7. The van der Waals surface area contributed by atoms with Crippen LogP contribution in [0.25, 0.3) is 10.9 Å². The third-order valence-corrected chi connectivity index (χ3v) is 3.53. The summed E-state index contributed by atoms with van der Waals surface area (Å²) in [6, 6.07) is 13.6. The minimum Gasteiger partial charge on any atom is -0.494 e. The Morgan fingerprint density at radius 2 is 1.96 bits per heavy atom. The molecule has 2 N–H and O–H groups in total. The first kappa shape index (κ1) is 15.2. The average Bonchev–Trinajstić information content (AvgIpc) is 2.81. The second-order valence-corrected chi connectivity index (χ2v) is 5.83. The number of nitrogens with zero attached hydrogens (tertiary/aromatic N) is 1. The van der Waals surface area contributed by atoms with Crippen molar-refractivity contribution in [2.75, 3.05) is 0 Å². The van der Waals surface area contributed by atoms with Crippen molar-refractivity contribution < 1.29 is 9.84 Å². The Morgan fingerprint density at radius 3 is 2.74 bits per heavy atom. The van der Waals surface area contributed by atoms with E-state index in [2.05, 4.69) is 9.98 Å². The Bertz CT molecular complexity index is 863. The maximum atomic E-state index is 10.1. The topological polar surface area (TPSA) is 57.6 Å². The van der Waals surface area contributed by atoms with Gasteiger partial charge in [-0.1, -0.05) is 23.8 Å². The maximum absolute atomic E-state index is 10.1. The highest BCUT2D eigenvalue weighted by molar-refractivity contribution is 6.02. The van der Waals surface area contributed by atoms with Crippen LogP contribution in [0, 0.1) is 6.92 Å². The van der Waals surface area contributed by atoms with Crippen molar-refractivity contribution in [1.82, 2.24) is 4.98 Å². The summed E-state index contributed by atoms with van der Waals surface area (Å²) in [4.78, 5) is 7.48. The number of fused-ring (bicyclic) bond motifs is 1. The monoisotopic (exact) mass is 308 g/mol. The molecule has 0 spiro atoms. The quantitative estimate of drug-likeness (QED) is 0.685. The lowest BCUT2D eigenvalue weighted by molar-refractivity contribution is 0.243. The number of H-pyrrole nitrogens is 1. The van der Waals surface area contributed by atoms with Gasteiger partial charge in [-0.3, -0.25) is 4.99 Å². The Morgan fingerprint density at radius 1 is 1.17 bits per heavy atom. The van der Waals surface area contributed by atoms with E-state index >= 15 is 0 Å². The van der Waals surface area contributed by atoms with E-state index in [4.69, 9.17) is 4.74 Å². The fourth-order valence-corrected chi connectivity index (χ4v) is 2.49. The van der Waals surface area contributed by atoms with Crippen molar-refractivity contribution in [3.63, 3.8) is 0 Å². The predicted molar refractivity (Wildman–Crippen MR) is 94.2 cm³/mol. The summed E-state index contributed by atoms with van der Waals surface area (Å²) in [6.07, 6.45) is 1.76. The largest absolute Gasteiger partial charge is 0.494 e. The third kappa shape index (κ3) is 3.21. The van der Waals surface area contributed by atoms with Gasteiger partial charge in [0.15, 0.2) is 5.88 Å². The van der Waals surface area contributed by atoms with Crippen molar-refractivity contribution in [2.24, 2.45) is 4.99 Å². The number of hydrogen-bond donors (Lipinski definition) is 2. The van der Waals surface area contributed by atoms with E-state index in [-0.39, 0.29) is 12.0 Å². The molecule has 4 heteroatoms. The van der Waals surface area contributed by atoms with Gasteiger partial charge in [0, 0.05) is 17.1 Å². The summed E-state index contributed by atoms with van der Waals surface area (Å²) in [7, 11) is 0. The summed E-state index contributed by atoms with van der Waals surface area (Å²) in [5.74, 6) is 0.853. The molecule has 118 valence electrons. The van der Waals surface area contributed by atoms with Crippen LogP contribution in [0.15, 0.2) is 47.5 Å². The van der Waals surface area contributed by atoms with Gasteiger partial charge in [-0.05, 0) is 45.0 Å². The average molecular weight is 308 g/mol. The molecule has 4 nitrogen and oxygen atoms in total. The van der Waals surface area contributed by atoms with Crippen LogP contribution in [0.2, 0.25) is 0 Å². The Hall–Kier alpha value is -2.75. The summed E-state index contributed by atoms with van der Waals surface area (Å²) in [5.41, 5.74) is 3.45. The Kier molecular flexibility index (Phi) is 4.06. The van der Waals surface area contributed by atoms with Gasteiger partial charge in [0.05, 0.1) is 11.7 Å². The number of aryl methyl sites for hydroxylation is 1. The van der Waals surface area contributed by atoms with Gasteiger partial charge >= 0.3 is 0 Å². The predicted octanol–water partition coefficient (Wildman–Crippen LogP) is 4.72. The molecule has 0 saturated carbocycles. The zero-order valence-corrected chi connectivity index (χ0v) is 13.5. The van der Waals surface area contributed by atoms with Gasteiger partial charge in [-0.25, -0.2) is 0 Å². The zero-order chi connectivity index (χ0) is 16.4. The highest BCUT2D eigenvalue weighted by atomic mass is 16.5. The van der Waals surface area contributed by atoms with Crippen molar-refractivity contribution in [1.29, 1.82) is 0 Å². The lowest BCUT2D eigenvalue weighted by Gasteiger charge is -2.11. The lowest BCUT2D eigenvalue weighted by Crippen LogP contribution is -2.05. The minimum atomic E-state index is 0.0792. The lowest BCUT2D eigenvalue weighted by atomic mass is 10.1. The van der Waals surface area contributed by atoms with E-state index in [1.165, 1.54) is 0 Å². The number of aromatic hydroxyl groups is 1. The molecule has 0 aliphatic carbocycles. The van der Waals surface area contributed by atoms with Crippen LogP contribution in [-0.2, 0) is 0 Å². The summed E-state index contributed by atoms with van der Waals surface area (Å²) >= 11 is 0. The number of rotatable bonds is 4. The van der Waals surface area contributed by atoms with Gasteiger partial charge in [0.25, 0.3) is 0 Å². The van der Waals surface area contributed by atoms with Crippen LogP contribution in [-0.4, -0.2) is 22.4 Å². The molecule has 0 fully saturated rings. The molecule has 0 radical (unpaired) electrons. The molecule has 23 heavy (non-hydrogen) atoms. The highest BCUT2D eigenvalue weighted by Gasteiger charge is 2.09. The van der Waals surface area contributed by atoms with Crippen LogP contribution in [0.4, 0.5) is 5.69 Å². The third-order valence-electron chi connectivity index (χ3n) is 3.53. The van der Waals surface area contributed by atoms with E-state index in [0.717, 1.165) is 27.9 Å². The molecular weight excluding hydrogens is 288 g/mol. The second kappa shape index (κ2) is 6.16. The minimum absolute atomic E-state index is 0.0792. The molecule has 0 aliphatic rings. The number of benzene rings is 2. The van der Waals surface area contributed by atoms with E-state index in [9.17, 15) is 5.11 Å². The van der Waals surface area contributed by atoms with E-state index in [0.29, 0.717) is 5.56 Å². The molecule has 0 unspecified atom stereocenters. The van der Waals surface area contributed by atoms with Crippen LogP contribution >= 0.6 is 0 Å². The molecule has 2 aromatic carbocycles. The van der Waals surface area contributed by atoms with Gasteiger partial charge in [-0.2, -0.15) is 0 Å². The summed E-state index contributed by atoms with van der Waals surface area (Å²) < 4.78 is 5.77. The second-order valence-electron chi connectivity index (χ2n) is 5.83. The van der Waals surface area contributed by atoms with Gasteiger partial charge < -0.3 is 14.8 Å². The van der Waals surface area contributed by atoms with Gasteiger partial charge in [0.2, 0.25) is 0 Å². The van der Waals surface area contributed by atoms with Crippen molar-refractivity contribution in [3.8, 4) is 11.6 Å². The smallest absolute Gasteiger partial charge is 0.198 e. The number of ether oxygens (including phenoxy) is 1. The van der Waals surface area contributed by atoms with E-state index < -0.39 is 0 Å². The molecule has 1 aromatic heterocycles. The molecule has 0 aliphatic heterocycles. The molecule has 1 heterocycles. The van der Waals surface area contributed by atoms with Gasteiger partial charge in [-0.15, -0.1) is 0 Å². The first-order valence-electron chi connectivity index (χ1n) is 7.65. The van der Waals surface area contributed by atoms with Crippen molar-refractivity contribution >= 4 is 22.8 Å². The van der Waals surface area contributed by atoms with E-state index in [1.54, 1.807) is 6.21 Å². The summed E-state index contributed by atoms with van der Waals surface area (Å²) in [6.45, 7) is 5.99. The molecular formula is C19H20N2O2. The number of aromatic nitrogens is 1. The molecule has 0 saturated heterocycles. The maximum Gasteiger partial charge on any atom is 0.198 e.